The van der Waals surface area contributed by atoms with Crippen LogP contribution in [-0.4, -0.2) is 6.54 Å². The van der Waals surface area contributed by atoms with Gasteiger partial charge in [-0.1, -0.05) is 30.3 Å². The first-order valence-electron chi connectivity index (χ1n) is 6.53. The van der Waals surface area contributed by atoms with E-state index in [-0.39, 0.29) is 0 Å². The zero-order chi connectivity index (χ0) is 11.9. The van der Waals surface area contributed by atoms with E-state index in [2.05, 4.69) is 47.0 Å². The number of hydrogen-bond acceptors (Lipinski definition) is 2. The van der Waals surface area contributed by atoms with E-state index in [1.807, 2.05) is 6.07 Å². The van der Waals surface area contributed by atoms with E-state index < -0.39 is 0 Å². The maximum atomic E-state index is 3.56. The fourth-order valence-corrected chi connectivity index (χ4v) is 2.95. The highest BCUT2D eigenvalue weighted by molar-refractivity contribution is 5.61. The van der Waals surface area contributed by atoms with Gasteiger partial charge in [0.2, 0.25) is 0 Å². The van der Waals surface area contributed by atoms with Crippen LogP contribution in [0, 0.1) is 6.07 Å². The van der Waals surface area contributed by atoms with E-state index in [9.17, 15) is 0 Å². The summed E-state index contributed by atoms with van der Waals surface area (Å²) in [4.78, 5) is 0. The van der Waals surface area contributed by atoms with Gasteiger partial charge in [-0.2, -0.15) is 0 Å². The third-order valence-corrected chi connectivity index (χ3v) is 3.93. The van der Waals surface area contributed by atoms with E-state index in [0.29, 0.717) is 6.04 Å². The van der Waals surface area contributed by atoms with Gasteiger partial charge in [0.05, 0.1) is 6.04 Å². The molecule has 0 spiro atoms. The number of anilines is 2. The van der Waals surface area contributed by atoms with Crippen LogP contribution < -0.4 is 10.6 Å². The molecule has 0 bridgehead atoms. The molecular weight excluding hydrogens is 220 g/mol. The van der Waals surface area contributed by atoms with Crippen LogP contribution >= 0.6 is 0 Å². The number of hydrogen-bond donors (Lipinski definition) is 2. The Morgan fingerprint density at radius 2 is 2.17 bits per heavy atom. The number of rotatable bonds is 1. The van der Waals surface area contributed by atoms with Gasteiger partial charge in [-0.15, -0.1) is 0 Å². The minimum absolute atomic E-state index is 0.395. The lowest BCUT2D eigenvalue weighted by Gasteiger charge is -2.13. The molecule has 0 fully saturated rings. The molecule has 0 amide bonds. The van der Waals surface area contributed by atoms with E-state index >= 15 is 0 Å². The molecule has 18 heavy (non-hydrogen) atoms. The summed E-state index contributed by atoms with van der Waals surface area (Å²) in [7, 11) is 0. The van der Waals surface area contributed by atoms with Crippen LogP contribution in [-0.2, 0) is 12.8 Å². The fourth-order valence-electron chi connectivity index (χ4n) is 2.95. The number of para-hydroxylation sites is 1. The zero-order valence-electron chi connectivity index (χ0n) is 10.2. The van der Waals surface area contributed by atoms with Crippen molar-refractivity contribution in [2.75, 3.05) is 17.2 Å². The second-order valence-corrected chi connectivity index (χ2v) is 5.06. The van der Waals surface area contributed by atoms with Gasteiger partial charge < -0.3 is 10.6 Å². The summed E-state index contributed by atoms with van der Waals surface area (Å²) in [6.07, 6.45) is 2.22. The Morgan fingerprint density at radius 3 is 3.11 bits per heavy atom. The summed E-state index contributed by atoms with van der Waals surface area (Å²) >= 11 is 0. The van der Waals surface area contributed by atoms with Crippen molar-refractivity contribution in [1.29, 1.82) is 0 Å². The van der Waals surface area contributed by atoms with Crippen LogP contribution in [0.5, 0.6) is 0 Å². The number of benzene rings is 2. The van der Waals surface area contributed by atoms with Gasteiger partial charge >= 0.3 is 0 Å². The Hall–Kier alpha value is -1.96. The molecule has 2 heteroatoms. The van der Waals surface area contributed by atoms with Gasteiger partial charge in [-0.3, -0.25) is 0 Å². The van der Waals surface area contributed by atoms with Crippen molar-refractivity contribution in [3.05, 3.63) is 59.2 Å². The first-order valence-corrected chi connectivity index (χ1v) is 6.53. The van der Waals surface area contributed by atoms with Crippen molar-refractivity contribution in [2.45, 2.75) is 18.9 Å². The topological polar surface area (TPSA) is 24.1 Å². The van der Waals surface area contributed by atoms with Crippen molar-refractivity contribution in [3.63, 3.8) is 0 Å². The number of fused-ring (bicyclic) bond motifs is 2. The summed E-state index contributed by atoms with van der Waals surface area (Å²) in [6, 6.07) is 16.7. The highest BCUT2D eigenvalue weighted by atomic mass is 15.0. The quantitative estimate of drug-likeness (QED) is 0.793. The summed E-state index contributed by atoms with van der Waals surface area (Å²) in [6.45, 7) is 1.07. The normalized spacial score (nSPS) is 19.9. The van der Waals surface area contributed by atoms with E-state index in [1.54, 1.807) is 0 Å². The van der Waals surface area contributed by atoms with Crippen LogP contribution in [0.1, 0.15) is 22.7 Å². The maximum absolute atomic E-state index is 3.56. The van der Waals surface area contributed by atoms with Crippen molar-refractivity contribution < 1.29 is 0 Å². The Bertz CT molecular complexity index is 579. The molecule has 2 aliphatic rings. The average Bonchev–Trinajstić information content (AvgIpc) is 3.04. The molecule has 0 saturated carbocycles. The van der Waals surface area contributed by atoms with Crippen molar-refractivity contribution in [1.82, 2.24) is 0 Å². The smallest absolute Gasteiger partial charge is 0.0556 e. The minimum Gasteiger partial charge on any atom is -0.384 e. The van der Waals surface area contributed by atoms with E-state index in [0.717, 1.165) is 25.1 Å². The fraction of sp³-hybridized carbons (Fsp3) is 0.250. The van der Waals surface area contributed by atoms with Crippen molar-refractivity contribution in [2.24, 2.45) is 0 Å². The monoisotopic (exact) mass is 235 g/mol. The van der Waals surface area contributed by atoms with Crippen LogP contribution in [0.2, 0.25) is 0 Å². The lowest BCUT2D eigenvalue weighted by Crippen LogP contribution is -2.06. The van der Waals surface area contributed by atoms with Crippen LogP contribution in [0.25, 0.3) is 0 Å². The summed E-state index contributed by atoms with van der Waals surface area (Å²) in [5.41, 5.74) is 6.66. The van der Waals surface area contributed by atoms with Gasteiger partial charge in [-0.25, -0.2) is 0 Å². The molecule has 0 saturated heterocycles. The lowest BCUT2D eigenvalue weighted by molar-refractivity contribution is 0.824. The molecule has 2 N–H and O–H groups in total. The van der Waals surface area contributed by atoms with Gasteiger partial charge in [0.15, 0.2) is 0 Å². The third kappa shape index (κ3) is 1.49. The van der Waals surface area contributed by atoms with Gasteiger partial charge in [0.1, 0.15) is 0 Å². The molecular formula is C16H15N2. The second-order valence-electron chi connectivity index (χ2n) is 5.06. The Morgan fingerprint density at radius 1 is 1.17 bits per heavy atom. The van der Waals surface area contributed by atoms with Gasteiger partial charge in [-0.05, 0) is 35.6 Å². The van der Waals surface area contributed by atoms with Crippen molar-refractivity contribution >= 4 is 11.4 Å². The largest absolute Gasteiger partial charge is 0.384 e. The Labute approximate surface area is 107 Å². The molecule has 0 aliphatic carbocycles. The average molecular weight is 235 g/mol. The van der Waals surface area contributed by atoms with Gasteiger partial charge in [0, 0.05) is 24.0 Å². The summed E-state index contributed by atoms with van der Waals surface area (Å²) in [5, 5.41) is 7.01. The molecule has 89 valence electrons. The SMILES string of the molecule is [c]1cccc2c1NC(c1ccc3c(c1)NCC3)C2. The minimum atomic E-state index is 0.395. The molecule has 1 atom stereocenters. The standard InChI is InChI=1S/C16H15N2/c1-2-4-14-12(3-1)10-16(18-14)13-6-5-11-7-8-17-15(11)9-13/h1-3,5-6,9,16-18H,7-8,10H2. The highest BCUT2D eigenvalue weighted by Crippen LogP contribution is 2.35. The second kappa shape index (κ2) is 3.77. The van der Waals surface area contributed by atoms with E-state index in [1.165, 1.54) is 22.4 Å². The molecule has 2 aromatic carbocycles. The predicted octanol–water partition coefficient (Wildman–Crippen LogP) is 3.16. The number of nitrogens with one attached hydrogen (secondary N) is 2. The van der Waals surface area contributed by atoms with Crippen LogP contribution in [0.15, 0.2) is 36.4 Å². The first-order chi connectivity index (χ1) is 8.90. The first kappa shape index (κ1) is 10.0. The zero-order valence-corrected chi connectivity index (χ0v) is 10.2. The van der Waals surface area contributed by atoms with Crippen molar-refractivity contribution in [3.8, 4) is 0 Å². The maximum Gasteiger partial charge on any atom is 0.0556 e. The lowest BCUT2D eigenvalue weighted by atomic mass is 10.0. The molecule has 1 radical (unpaired) electrons. The van der Waals surface area contributed by atoms with Crippen LogP contribution in [0.4, 0.5) is 11.4 Å². The molecule has 4 rings (SSSR count). The molecule has 2 aromatic rings. The Kier molecular flexibility index (Phi) is 2.10. The molecule has 2 nitrogen and oxygen atoms in total. The summed E-state index contributed by atoms with van der Waals surface area (Å²) in [5.74, 6) is 0. The summed E-state index contributed by atoms with van der Waals surface area (Å²) < 4.78 is 0. The molecule has 0 aromatic heterocycles. The van der Waals surface area contributed by atoms with Gasteiger partial charge in [0.25, 0.3) is 0 Å². The van der Waals surface area contributed by atoms with E-state index in [4.69, 9.17) is 0 Å². The van der Waals surface area contributed by atoms with Crippen LogP contribution in [0.3, 0.4) is 0 Å². The Balaban J connectivity index is 1.66. The molecule has 2 aliphatic heterocycles. The molecule has 2 heterocycles. The molecule has 1 unspecified atom stereocenters. The highest BCUT2D eigenvalue weighted by Gasteiger charge is 2.22. The predicted molar refractivity (Wildman–Crippen MR) is 74.0 cm³/mol. The third-order valence-electron chi connectivity index (χ3n) is 3.93.